The summed E-state index contributed by atoms with van der Waals surface area (Å²) in [5.41, 5.74) is 1.69. The van der Waals surface area contributed by atoms with E-state index in [1.807, 2.05) is 12.1 Å². The van der Waals surface area contributed by atoms with Crippen LogP contribution in [0.15, 0.2) is 42.9 Å². The van der Waals surface area contributed by atoms with Crippen molar-refractivity contribution in [3.05, 3.63) is 48.5 Å². The van der Waals surface area contributed by atoms with Crippen LogP contribution in [0.3, 0.4) is 0 Å². The Hall–Kier alpha value is -3.29. The fraction of sp³-hybridized carbons (Fsp3) is 0.133. The van der Waals surface area contributed by atoms with Gasteiger partial charge in [0.25, 0.3) is 0 Å². The van der Waals surface area contributed by atoms with Crippen LogP contribution in [0, 0.1) is 0 Å². The van der Waals surface area contributed by atoms with Crippen LogP contribution in [0.25, 0.3) is 5.69 Å². The number of hydrogen-bond acceptors (Lipinski definition) is 5. The monoisotopic (exact) mass is 313 g/mol. The molecule has 0 spiro atoms. The molecule has 2 N–H and O–H groups in total. The van der Waals surface area contributed by atoms with E-state index in [-0.39, 0.29) is 5.69 Å². The molecule has 8 nitrogen and oxygen atoms in total. The van der Waals surface area contributed by atoms with Gasteiger partial charge in [-0.3, -0.25) is 4.68 Å². The summed E-state index contributed by atoms with van der Waals surface area (Å²) >= 11 is 0. The maximum absolute atomic E-state index is 11.4. The number of carboxylic acids is 1. The number of ether oxygens (including phenoxy) is 1. The first-order valence-electron chi connectivity index (χ1n) is 6.80. The van der Waals surface area contributed by atoms with Gasteiger partial charge >= 0.3 is 5.97 Å². The number of benzene rings is 1. The summed E-state index contributed by atoms with van der Waals surface area (Å²) in [7, 11) is 3.35. The van der Waals surface area contributed by atoms with Gasteiger partial charge in [-0.25, -0.2) is 9.48 Å². The lowest BCUT2D eigenvalue weighted by Gasteiger charge is -2.04. The van der Waals surface area contributed by atoms with Crippen LogP contribution in [-0.2, 0) is 7.05 Å². The molecular formula is C15H15N5O3. The molecule has 0 aliphatic carbocycles. The standard InChI is InChI=1S/C15H15N5O3/c1-19-8-10(7-16-19)17-13-9-20(18-14(13)15(21)22)11-4-3-5-12(6-11)23-2/h3-9,17H,1-2H3,(H,21,22). The first-order chi connectivity index (χ1) is 11.1. The SMILES string of the molecule is COc1cccc(-n2cc(Nc3cnn(C)c3)c(C(=O)O)n2)c1. The Morgan fingerprint density at radius 1 is 1.35 bits per heavy atom. The lowest BCUT2D eigenvalue weighted by Crippen LogP contribution is -2.03. The summed E-state index contributed by atoms with van der Waals surface area (Å²) in [5.74, 6) is -0.449. The van der Waals surface area contributed by atoms with Crippen LogP contribution in [0.5, 0.6) is 5.75 Å². The lowest BCUT2D eigenvalue weighted by molar-refractivity contribution is 0.0691. The topological polar surface area (TPSA) is 94.2 Å². The van der Waals surface area contributed by atoms with Crippen molar-refractivity contribution in [3.8, 4) is 11.4 Å². The average molecular weight is 313 g/mol. The molecule has 3 rings (SSSR count). The van der Waals surface area contributed by atoms with Crippen molar-refractivity contribution in [3.63, 3.8) is 0 Å². The highest BCUT2D eigenvalue weighted by Gasteiger charge is 2.17. The number of carbonyl (C=O) groups is 1. The number of carboxylic acid groups (broad SMARTS) is 1. The molecule has 1 aromatic carbocycles. The molecule has 2 aromatic heterocycles. The van der Waals surface area contributed by atoms with Crippen LogP contribution in [-0.4, -0.2) is 37.7 Å². The van der Waals surface area contributed by atoms with Gasteiger partial charge in [0.1, 0.15) is 5.75 Å². The highest BCUT2D eigenvalue weighted by molar-refractivity contribution is 5.93. The fourth-order valence-electron chi connectivity index (χ4n) is 2.15. The number of hydrogen-bond donors (Lipinski definition) is 2. The van der Waals surface area contributed by atoms with Gasteiger partial charge in [0.05, 0.1) is 36.6 Å². The summed E-state index contributed by atoms with van der Waals surface area (Å²) in [4.78, 5) is 11.4. The maximum atomic E-state index is 11.4. The van der Waals surface area contributed by atoms with Crippen LogP contribution in [0.2, 0.25) is 0 Å². The van der Waals surface area contributed by atoms with Gasteiger partial charge in [0.15, 0.2) is 5.69 Å². The zero-order chi connectivity index (χ0) is 16.4. The Labute approximate surface area is 131 Å². The smallest absolute Gasteiger partial charge is 0.358 e. The van der Waals surface area contributed by atoms with Crippen LogP contribution < -0.4 is 10.1 Å². The van der Waals surface area contributed by atoms with Crippen LogP contribution >= 0.6 is 0 Å². The van der Waals surface area contributed by atoms with Gasteiger partial charge in [-0.2, -0.15) is 10.2 Å². The van der Waals surface area contributed by atoms with Crippen molar-refractivity contribution in [2.75, 3.05) is 12.4 Å². The highest BCUT2D eigenvalue weighted by Crippen LogP contribution is 2.23. The third kappa shape index (κ3) is 3.00. The van der Waals surface area contributed by atoms with Crippen molar-refractivity contribution in [1.82, 2.24) is 19.6 Å². The van der Waals surface area contributed by atoms with E-state index in [2.05, 4.69) is 15.5 Å². The van der Waals surface area contributed by atoms with Gasteiger partial charge in [0, 0.05) is 19.3 Å². The predicted molar refractivity (Wildman–Crippen MR) is 83.6 cm³/mol. The van der Waals surface area contributed by atoms with E-state index in [4.69, 9.17) is 4.74 Å². The second-order valence-corrected chi connectivity index (χ2v) is 4.87. The Kier molecular flexibility index (Phi) is 3.71. The first-order valence-corrected chi connectivity index (χ1v) is 6.80. The minimum Gasteiger partial charge on any atom is -0.497 e. The molecule has 0 aliphatic rings. The third-order valence-corrected chi connectivity index (χ3v) is 3.22. The Balaban J connectivity index is 1.99. The van der Waals surface area contributed by atoms with Crippen molar-refractivity contribution >= 4 is 17.3 Å². The summed E-state index contributed by atoms with van der Waals surface area (Å²) < 4.78 is 8.29. The number of nitrogens with one attached hydrogen (secondary N) is 1. The molecule has 0 unspecified atom stereocenters. The summed E-state index contributed by atoms with van der Waals surface area (Å²) in [6, 6.07) is 7.20. The zero-order valence-corrected chi connectivity index (χ0v) is 12.6. The number of anilines is 2. The van der Waals surface area contributed by atoms with Crippen molar-refractivity contribution in [2.24, 2.45) is 7.05 Å². The van der Waals surface area contributed by atoms with E-state index >= 15 is 0 Å². The van der Waals surface area contributed by atoms with E-state index in [0.29, 0.717) is 22.8 Å². The van der Waals surface area contributed by atoms with E-state index < -0.39 is 5.97 Å². The minimum atomic E-state index is -1.11. The Bertz CT molecular complexity index is 852. The fourth-order valence-corrected chi connectivity index (χ4v) is 2.15. The quantitative estimate of drug-likeness (QED) is 0.749. The molecule has 0 bridgehead atoms. The molecule has 0 aliphatic heterocycles. The molecule has 0 fully saturated rings. The van der Waals surface area contributed by atoms with Crippen molar-refractivity contribution < 1.29 is 14.6 Å². The zero-order valence-electron chi connectivity index (χ0n) is 12.6. The molecule has 118 valence electrons. The third-order valence-electron chi connectivity index (χ3n) is 3.22. The summed E-state index contributed by atoms with van der Waals surface area (Å²) in [6.07, 6.45) is 4.97. The maximum Gasteiger partial charge on any atom is 0.358 e. The number of methoxy groups -OCH3 is 1. The molecule has 0 atom stereocenters. The number of aryl methyl sites for hydroxylation is 1. The highest BCUT2D eigenvalue weighted by atomic mass is 16.5. The number of aromatic nitrogens is 4. The largest absolute Gasteiger partial charge is 0.497 e. The minimum absolute atomic E-state index is 0.0725. The number of nitrogens with zero attached hydrogens (tertiary/aromatic N) is 4. The summed E-state index contributed by atoms with van der Waals surface area (Å²) in [5, 5.41) is 20.5. The number of aromatic carboxylic acids is 1. The van der Waals surface area contributed by atoms with Gasteiger partial charge in [-0.05, 0) is 12.1 Å². The number of rotatable bonds is 5. The Morgan fingerprint density at radius 2 is 2.17 bits per heavy atom. The predicted octanol–water partition coefficient (Wildman–Crippen LogP) is 2.06. The van der Waals surface area contributed by atoms with E-state index in [1.165, 1.54) is 4.68 Å². The molecule has 3 aromatic rings. The molecule has 0 amide bonds. The molecule has 8 heteroatoms. The lowest BCUT2D eigenvalue weighted by atomic mass is 10.3. The molecular weight excluding hydrogens is 298 g/mol. The molecule has 2 heterocycles. The Morgan fingerprint density at radius 3 is 2.83 bits per heavy atom. The van der Waals surface area contributed by atoms with Crippen molar-refractivity contribution in [2.45, 2.75) is 0 Å². The normalized spacial score (nSPS) is 10.5. The van der Waals surface area contributed by atoms with Crippen LogP contribution in [0.1, 0.15) is 10.5 Å². The van der Waals surface area contributed by atoms with Crippen LogP contribution in [0.4, 0.5) is 11.4 Å². The van der Waals surface area contributed by atoms with Gasteiger partial charge in [-0.15, -0.1) is 0 Å². The van der Waals surface area contributed by atoms with Gasteiger partial charge in [-0.1, -0.05) is 6.07 Å². The van der Waals surface area contributed by atoms with E-state index in [9.17, 15) is 9.90 Å². The van der Waals surface area contributed by atoms with E-state index in [0.717, 1.165) is 0 Å². The van der Waals surface area contributed by atoms with Gasteiger partial charge in [0.2, 0.25) is 0 Å². The molecule has 0 saturated carbocycles. The molecule has 0 saturated heterocycles. The van der Waals surface area contributed by atoms with Crippen molar-refractivity contribution in [1.29, 1.82) is 0 Å². The molecule has 0 radical (unpaired) electrons. The average Bonchev–Trinajstić information content (AvgIpc) is 3.14. The summed E-state index contributed by atoms with van der Waals surface area (Å²) in [6.45, 7) is 0. The van der Waals surface area contributed by atoms with Gasteiger partial charge < -0.3 is 15.2 Å². The first kappa shape index (κ1) is 14.6. The van der Waals surface area contributed by atoms with E-state index in [1.54, 1.807) is 49.6 Å². The second-order valence-electron chi connectivity index (χ2n) is 4.87. The second kappa shape index (κ2) is 5.84. The molecule has 23 heavy (non-hydrogen) atoms.